The summed E-state index contributed by atoms with van der Waals surface area (Å²) in [5.74, 6) is 0.195. The standard InChI is InChI=1S/C16H21BrN2O/c17-14-6-4-13(5-7-14)15(20)19-11-10-18-12-16(19)8-2-1-3-9-16/h4-7,18H,1-3,8-12H2. The maximum absolute atomic E-state index is 12.9. The van der Waals surface area contributed by atoms with E-state index >= 15 is 0 Å². The smallest absolute Gasteiger partial charge is 0.254 e. The largest absolute Gasteiger partial charge is 0.330 e. The number of hydrogen-bond acceptors (Lipinski definition) is 2. The van der Waals surface area contributed by atoms with Crippen molar-refractivity contribution in [2.45, 2.75) is 37.6 Å². The van der Waals surface area contributed by atoms with Crippen LogP contribution in [0.15, 0.2) is 28.7 Å². The van der Waals surface area contributed by atoms with Gasteiger partial charge in [-0.15, -0.1) is 0 Å². The van der Waals surface area contributed by atoms with Crippen molar-refractivity contribution in [1.29, 1.82) is 0 Å². The quantitative estimate of drug-likeness (QED) is 0.854. The summed E-state index contributed by atoms with van der Waals surface area (Å²) >= 11 is 3.43. The van der Waals surface area contributed by atoms with Crippen molar-refractivity contribution >= 4 is 21.8 Å². The van der Waals surface area contributed by atoms with Crippen molar-refractivity contribution in [3.05, 3.63) is 34.3 Å². The van der Waals surface area contributed by atoms with Gasteiger partial charge in [0.25, 0.3) is 5.91 Å². The highest BCUT2D eigenvalue weighted by atomic mass is 79.9. The van der Waals surface area contributed by atoms with Crippen LogP contribution in [0.2, 0.25) is 0 Å². The number of nitrogens with zero attached hydrogens (tertiary/aromatic N) is 1. The van der Waals surface area contributed by atoms with Crippen LogP contribution in [0.5, 0.6) is 0 Å². The molecule has 2 aliphatic rings. The second-order valence-corrected chi connectivity index (χ2v) is 6.84. The van der Waals surface area contributed by atoms with Crippen molar-refractivity contribution in [3.63, 3.8) is 0 Å². The average molecular weight is 337 g/mol. The number of nitrogens with one attached hydrogen (secondary N) is 1. The number of carbonyl (C=O) groups excluding carboxylic acids is 1. The molecule has 1 heterocycles. The lowest BCUT2D eigenvalue weighted by Gasteiger charge is -2.49. The van der Waals surface area contributed by atoms with E-state index in [-0.39, 0.29) is 11.4 Å². The predicted octanol–water partition coefficient (Wildman–Crippen LogP) is 3.20. The summed E-state index contributed by atoms with van der Waals surface area (Å²) in [6, 6.07) is 7.74. The normalized spacial score (nSPS) is 21.9. The van der Waals surface area contributed by atoms with Gasteiger partial charge in [0.05, 0.1) is 5.54 Å². The van der Waals surface area contributed by atoms with E-state index in [1.54, 1.807) is 0 Å². The van der Waals surface area contributed by atoms with Crippen LogP contribution in [0.1, 0.15) is 42.5 Å². The minimum absolute atomic E-state index is 0.0562. The molecule has 1 amide bonds. The molecule has 1 N–H and O–H groups in total. The maximum atomic E-state index is 12.9. The van der Waals surface area contributed by atoms with Gasteiger partial charge < -0.3 is 10.2 Å². The van der Waals surface area contributed by atoms with Crippen molar-refractivity contribution in [2.75, 3.05) is 19.6 Å². The van der Waals surface area contributed by atoms with Crippen molar-refractivity contribution in [1.82, 2.24) is 10.2 Å². The van der Waals surface area contributed by atoms with Crippen LogP contribution in [0.25, 0.3) is 0 Å². The van der Waals surface area contributed by atoms with Gasteiger partial charge in [-0.25, -0.2) is 0 Å². The van der Waals surface area contributed by atoms with Gasteiger partial charge in [-0.2, -0.15) is 0 Å². The zero-order valence-corrected chi connectivity index (χ0v) is 13.3. The average Bonchev–Trinajstić information content (AvgIpc) is 2.49. The molecule has 0 unspecified atom stereocenters. The van der Waals surface area contributed by atoms with Gasteiger partial charge in [-0.1, -0.05) is 35.2 Å². The first kappa shape index (κ1) is 14.1. The fraction of sp³-hybridized carbons (Fsp3) is 0.562. The Kier molecular flexibility index (Phi) is 4.13. The van der Waals surface area contributed by atoms with Gasteiger partial charge in [0.2, 0.25) is 0 Å². The summed E-state index contributed by atoms with van der Waals surface area (Å²) in [6.07, 6.45) is 6.07. The Morgan fingerprint density at radius 1 is 1.15 bits per heavy atom. The van der Waals surface area contributed by atoms with E-state index in [1.807, 2.05) is 24.3 Å². The molecule has 4 heteroatoms. The SMILES string of the molecule is O=C(c1ccc(Br)cc1)N1CCNCC12CCCCC2. The lowest BCUT2D eigenvalue weighted by molar-refractivity contribution is 0.0222. The third kappa shape index (κ3) is 2.63. The van der Waals surface area contributed by atoms with Crippen LogP contribution >= 0.6 is 15.9 Å². The number of rotatable bonds is 1. The monoisotopic (exact) mass is 336 g/mol. The van der Waals surface area contributed by atoms with E-state index in [0.29, 0.717) is 0 Å². The third-order valence-electron chi connectivity index (χ3n) is 4.66. The highest BCUT2D eigenvalue weighted by Crippen LogP contribution is 2.35. The lowest BCUT2D eigenvalue weighted by atomic mass is 9.78. The molecule has 0 aromatic heterocycles. The molecule has 3 nitrogen and oxygen atoms in total. The van der Waals surface area contributed by atoms with E-state index in [9.17, 15) is 4.79 Å². The van der Waals surface area contributed by atoms with Crippen molar-refractivity contribution in [3.8, 4) is 0 Å². The first-order valence-electron chi connectivity index (χ1n) is 7.50. The van der Waals surface area contributed by atoms with Gasteiger partial charge in [0.1, 0.15) is 0 Å². The summed E-state index contributed by atoms with van der Waals surface area (Å²) in [4.78, 5) is 15.0. The fourth-order valence-corrected chi connectivity index (χ4v) is 3.83. The molecule has 108 valence electrons. The van der Waals surface area contributed by atoms with Crippen LogP contribution in [0.4, 0.5) is 0 Å². The molecule has 1 aliphatic heterocycles. The van der Waals surface area contributed by atoms with Gasteiger partial charge >= 0.3 is 0 Å². The molecule has 0 bridgehead atoms. The van der Waals surface area contributed by atoms with E-state index in [0.717, 1.165) is 42.5 Å². The van der Waals surface area contributed by atoms with Crippen molar-refractivity contribution < 1.29 is 4.79 Å². The second kappa shape index (κ2) is 5.86. The Bertz CT molecular complexity index is 471. The minimum atomic E-state index is 0.0562. The summed E-state index contributed by atoms with van der Waals surface area (Å²) < 4.78 is 1.02. The Hall–Kier alpha value is -0.870. The Balaban J connectivity index is 1.85. The molecule has 0 radical (unpaired) electrons. The molecule has 1 aliphatic carbocycles. The Morgan fingerprint density at radius 2 is 1.85 bits per heavy atom. The maximum Gasteiger partial charge on any atom is 0.254 e. The molecule has 1 saturated heterocycles. The molecular weight excluding hydrogens is 316 g/mol. The number of carbonyl (C=O) groups is 1. The first-order valence-corrected chi connectivity index (χ1v) is 8.29. The van der Waals surface area contributed by atoms with Gasteiger partial charge in [-0.05, 0) is 37.1 Å². The number of halogens is 1. The van der Waals surface area contributed by atoms with E-state index < -0.39 is 0 Å². The summed E-state index contributed by atoms with van der Waals surface area (Å²) in [7, 11) is 0. The fourth-order valence-electron chi connectivity index (χ4n) is 3.57. The van der Waals surface area contributed by atoms with Crippen LogP contribution in [0.3, 0.4) is 0 Å². The molecule has 20 heavy (non-hydrogen) atoms. The molecule has 2 fully saturated rings. The zero-order chi connectivity index (χ0) is 14.0. The van der Waals surface area contributed by atoms with E-state index in [2.05, 4.69) is 26.1 Å². The number of benzene rings is 1. The van der Waals surface area contributed by atoms with Crippen LogP contribution in [-0.4, -0.2) is 36.0 Å². The predicted molar refractivity (Wildman–Crippen MR) is 83.9 cm³/mol. The molecule has 1 spiro atoms. The summed E-state index contributed by atoms with van der Waals surface area (Å²) in [6.45, 7) is 2.69. The molecule has 1 saturated carbocycles. The molecular formula is C16H21BrN2O. The number of amides is 1. The molecule has 3 rings (SSSR count). The highest BCUT2D eigenvalue weighted by molar-refractivity contribution is 9.10. The number of hydrogen-bond donors (Lipinski definition) is 1. The third-order valence-corrected chi connectivity index (χ3v) is 5.19. The Morgan fingerprint density at radius 3 is 2.55 bits per heavy atom. The zero-order valence-electron chi connectivity index (χ0n) is 11.7. The van der Waals surface area contributed by atoms with E-state index in [4.69, 9.17) is 0 Å². The molecule has 1 aromatic rings. The van der Waals surface area contributed by atoms with Gasteiger partial charge in [0.15, 0.2) is 0 Å². The summed E-state index contributed by atoms with van der Waals surface area (Å²) in [5, 5.41) is 3.49. The first-order chi connectivity index (χ1) is 9.71. The Labute approximate surface area is 128 Å². The number of piperazine rings is 1. The summed E-state index contributed by atoms with van der Waals surface area (Å²) in [5.41, 5.74) is 0.862. The van der Waals surface area contributed by atoms with E-state index in [1.165, 1.54) is 19.3 Å². The van der Waals surface area contributed by atoms with Crippen LogP contribution in [-0.2, 0) is 0 Å². The highest BCUT2D eigenvalue weighted by Gasteiger charge is 2.42. The molecule has 1 aromatic carbocycles. The minimum Gasteiger partial charge on any atom is -0.330 e. The van der Waals surface area contributed by atoms with Gasteiger partial charge in [0, 0.05) is 29.7 Å². The van der Waals surface area contributed by atoms with Crippen LogP contribution < -0.4 is 5.32 Å². The van der Waals surface area contributed by atoms with Gasteiger partial charge in [-0.3, -0.25) is 4.79 Å². The lowest BCUT2D eigenvalue weighted by Crippen LogP contribution is -2.63. The second-order valence-electron chi connectivity index (χ2n) is 5.93. The van der Waals surface area contributed by atoms with Crippen molar-refractivity contribution in [2.24, 2.45) is 0 Å². The topological polar surface area (TPSA) is 32.3 Å². The molecule has 0 atom stereocenters. The van der Waals surface area contributed by atoms with Crippen LogP contribution in [0, 0.1) is 0 Å².